The van der Waals surface area contributed by atoms with E-state index in [1.54, 1.807) is 0 Å². The number of aromatic nitrogens is 2. The Morgan fingerprint density at radius 2 is 1.86 bits per heavy atom. The number of hydrogen-bond donors (Lipinski definition) is 0. The van der Waals surface area contributed by atoms with Crippen LogP contribution in [0.25, 0.3) is 0 Å². The van der Waals surface area contributed by atoms with Gasteiger partial charge in [0.2, 0.25) is 0 Å². The van der Waals surface area contributed by atoms with E-state index in [0.717, 1.165) is 10.4 Å². The third-order valence-electron chi connectivity index (χ3n) is 3.20. The van der Waals surface area contributed by atoms with Crippen LogP contribution in [0.3, 0.4) is 0 Å². The Balaban J connectivity index is 1.93. The molecule has 0 aromatic carbocycles. The van der Waals surface area contributed by atoms with Gasteiger partial charge in [-0.25, -0.2) is 9.97 Å². The molecular weight excluding hydrogens is 240 g/mol. The summed E-state index contributed by atoms with van der Waals surface area (Å²) in [5.74, 6) is 2.44. The first kappa shape index (κ1) is 8.84. The molecule has 1 aromatic rings. The van der Waals surface area contributed by atoms with Crippen LogP contribution in [-0.4, -0.2) is 9.97 Å². The Hall–Kier alpha value is -0.440. The summed E-state index contributed by atoms with van der Waals surface area (Å²) in [5.41, 5.74) is 1.26. The van der Waals surface area contributed by atoms with Crippen LogP contribution in [0.5, 0.6) is 0 Å². The van der Waals surface area contributed by atoms with Gasteiger partial charge >= 0.3 is 0 Å². The molecule has 14 heavy (non-hydrogen) atoms. The van der Waals surface area contributed by atoms with Gasteiger partial charge in [-0.15, -0.1) is 0 Å². The third kappa shape index (κ3) is 1.58. The van der Waals surface area contributed by atoms with Gasteiger partial charge in [0.1, 0.15) is 10.4 Å². The lowest BCUT2D eigenvalue weighted by molar-refractivity contribution is 0.409. The van der Waals surface area contributed by atoms with Crippen molar-refractivity contribution in [1.82, 2.24) is 9.97 Å². The highest BCUT2D eigenvalue weighted by molar-refractivity contribution is 9.10. The van der Waals surface area contributed by atoms with Crippen LogP contribution in [0.2, 0.25) is 0 Å². The maximum absolute atomic E-state index is 4.68. The van der Waals surface area contributed by atoms with Crippen molar-refractivity contribution in [2.24, 2.45) is 0 Å². The highest BCUT2D eigenvalue weighted by Crippen LogP contribution is 2.41. The Bertz CT molecular complexity index is 356. The van der Waals surface area contributed by atoms with E-state index >= 15 is 0 Å². The van der Waals surface area contributed by atoms with Gasteiger partial charge in [0.05, 0.1) is 0 Å². The SMILES string of the molecule is Brc1cc(C2CCC2)nc(C2CC2)n1. The van der Waals surface area contributed by atoms with Gasteiger partial charge in [-0.1, -0.05) is 6.42 Å². The molecule has 2 aliphatic carbocycles. The van der Waals surface area contributed by atoms with Gasteiger partial charge in [0.25, 0.3) is 0 Å². The van der Waals surface area contributed by atoms with Crippen LogP contribution in [0, 0.1) is 0 Å². The van der Waals surface area contributed by atoms with Crippen molar-refractivity contribution in [3.8, 4) is 0 Å². The zero-order valence-electron chi connectivity index (χ0n) is 8.04. The van der Waals surface area contributed by atoms with Gasteiger partial charge in [0, 0.05) is 17.5 Å². The van der Waals surface area contributed by atoms with E-state index < -0.39 is 0 Å². The molecule has 1 heterocycles. The summed E-state index contributed by atoms with van der Waals surface area (Å²) in [6.45, 7) is 0. The molecule has 2 nitrogen and oxygen atoms in total. The number of nitrogens with zero attached hydrogens (tertiary/aromatic N) is 2. The van der Waals surface area contributed by atoms with Gasteiger partial charge in [-0.2, -0.15) is 0 Å². The zero-order valence-corrected chi connectivity index (χ0v) is 9.63. The summed E-state index contributed by atoms with van der Waals surface area (Å²) in [4.78, 5) is 9.12. The van der Waals surface area contributed by atoms with Crippen LogP contribution in [0.1, 0.15) is 55.5 Å². The van der Waals surface area contributed by atoms with Gasteiger partial charge in [-0.3, -0.25) is 0 Å². The smallest absolute Gasteiger partial charge is 0.132 e. The minimum absolute atomic E-state index is 0.659. The van der Waals surface area contributed by atoms with Crippen LogP contribution in [0.4, 0.5) is 0 Å². The predicted octanol–water partition coefficient (Wildman–Crippen LogP) is 3.38. The fourth-order valence-corrected chi connectivity index (χ4v) is 2.31. The number of hydrogen-bond acceptors (Lipinski definition) is 2. The molecule has 2 saturated carbocycles. The molecule has 0 aliphatic heterocycles. The molecule has 0 N–H and O–H groups in total. The van der Waals surface area contributed by atoms with E-state index in [9.17, 15) is 0 Å². The van der Waals surface area contributed by atoms with Crippen LogP contribution in [0.15, 0.2) is 10.7 Å². The lowest BCUT2D eigenvalue weighted by Crippen LogP contribution is -2.12. The summed E-state index contributed by atoms with van der Waals surface area (Å²) < 4.78 is 0.969. The molecule has 1 aromatic heterocycles. The molecule has 0 bridgehead atoms. The molecule has 2 fully saturated rings. The van der Waals surface area contributed by atoms with E-state index in [-0.39, 0.29) is 0 Å². The first-order valence-electron chi connectivity index (χ1n) is 5.37. The molecular formula is C11H13BrN2. The van der Waals surface area contributed by atoms with Crippen molar-refractivity contribution in [2.75, 3.05) is 0 Å². The largest absolute Gasteiger partial charge is 0.237 e. The lowest BCUT2D eigenvalue weighted by atomic mass is 9.83. The van der Waals surface area contributed by atoms with Crippen LogP contribution < -0.4 is 0 Å². The van der Waals surface area contributed by atoms with E-state index in [0.29, 0.717) is 11.8 Å². The fraction of sp³-hybridized carbons (Fsp3) is 0.636. The van der Waals surface area contributed by atoms with Crippen molar-refractivity contribution in [2.45, 2.75) is 43.9 Å². The molecule has 0 radical (unpaired) electrons. The number of rotatable bonds is 2. The molecule has 3 rings (SSSR count). The zero-order chi connectivity index (χ0) is 9.54. The van der Waals surface area contributed by atoms with Gasteiger partial charge in [-0.05, 0) is 47.7 Å². The van der Waals surface area contributed by atoms with Crippen molar-refractivity contribution in [3.63, 3.8) is 0 Å². The van der Waals surface area contributed by atoms with E-state index in [1.165, 1.54) is 37.8 Å². The highest BCUT2D eigenvalue weighted by Gasteiger charge is 2.29. The van der Waals surface area contributed by atoms with Crippen molar-refractivity contribution < 1.29 is 0 Å². The fourth-order valence-electron chi connectivity index (χ4n) is 1.89. The Labute approximate surface area is 92.3 Å². The summed E-state index contributed by atoms with van der Waals surface area (Å²) in [7, 11) is 0. The molecule has 0 amide bonds. The second-order valence-electron chi connectivity index (χ2n) is 4.38. The van der Waals surface area contributed by atoms with Crippen molar-refractivity contribution >= 4 is 15.9 Å². The highest BCUT2D eigenvalue weighted by atomic mass is 79.9. The second kappa shape index (κ2) is 3.30. The average Bonchev–Trinajstić information content (AvgIpc) is 2.80. The maximum atomic E-state index is 4.68. The van der Waals surface area contributed by atoms with E-state index in [1.807, 2.05) is 0 Å². The normalized spacial score (nSPS) is 22.1. The maximum Gasteiger partial charge on any atom is 0.132 e. The Morgan fingerprint density at radius 3 is 2.43 bits per heavy atom. The second-order valence-corrected chi connectivity index (χ2v) is 5.19. The van der Waals surface area contributed by atoms with Crippen LogP contribution in [-0.2, 0) is 0 Å². The Morgan fingerprint density at radius 1 is 1.07 bits per heavy atom. The molecule has 0 unspecified atom stereocenters. The van der Waals surface area contributed by atoms with E-state index in [2.05, 4.69) is 32.0 Å². The summed E-state index contributed by atoms with van der Waals surface area (Å²) >= 11 is 3.48. The molecule has 0 spiro atoms. The topological polar surface area (TPSA) is 25.8 Å². The van der Waals surface area contributed by atoms with Crippen LogP contribution >= 0.6 is 15.9 Å². The lowest BCUT2D eigenvalue weighted by Gasteiger charge is -2.25. The minimum Gasteiger partial charge on any atom is -0.237 e. The molecule has 0 atom stereocenters. The quantitative estimate of drug-likeness (QED) is 0.755. The third-order valence-corrected chi connectivity index (χ3v) is 3.60. The summed E-state index contributed by atoms with van der Waals surface area (Å²) in [6, 6.07) is 2.09. The molecule has 0 saturated heterocycles. The first-order valence-corrected chi connectivity index (χ1v) is 6.16. The standard InChI is InChI=1S/C11H13BrN2/c12-10-6-9(7-2-1-3-7)13-11(14-10)8-4-5-8/h6-8H,1-5H2. The van der Waals surface area contributed by atoms with E-state index in [4.69, 9.17) is 0 Å². The molecule has 74 valence electrons. The predicted molar refractivity (Wildman–Crippen MR) is 58.3 cm³/mol. The van der Waals surface area contributed by atoms with Crippen molar-refractivity contribution in [1.29, 1.82) is 0 Å². The molecule has 3 heteroatoms. The average molecular weight is 253 g/mol. The monoisotopic (exact) mass is 252 g/mol. The minimum atomic E-state index is 0.659. The Kier molecular flexibility index (Phi) is 2.08. The molecule has 2 aliphatic rings. The summed E-state index contributed by atoms with van der Waals surface area (Å²) in [5, 5.41) is 0. The van der Waals surface area contributed by atoms with Gasteiger partial charge < -0.3 is 0 Å². The number of halogens is 1. The van der Waals surface area contributed by atoms with Gasteiger partial charge in [0.15, 0.2) is 0 Å². The summed E-state index contributed by atoms with van der Waals surface area (Å²) in [6.07, 6.45) is 6.55. The van der Waals surface area contributed by atoms with Crippen molar-refractivity contribution in [3.05, 3.63) is 22.2 Å². The first-order chi connectivity index (χ1) is 6.83.